The first kappa shape index (κ1) is 14.2. The summed E-state index contributed by atoms with van der Waals surface area (Å²) >= 11 is 1.54. The average molecular weight is 317 g/mol. The van der Waals surface area contributed by atoms with Crippen LogP contribution in [0, 0.1) is 0 Å². The third-order valence-electron chi connectivity index (χ3n) is 4.98. The third kappa shape index (κ3) is 2.24. The Morgan fingerprint density at radius 2 is 2.05 bits per heavy atom. The van der Waals surface area contributed by atoms with E-state index in [1.807, 2.05) is 0 Å². The molecule has 1 aliphatic heterocycles. The normalized spacial score (nSPS) is 21.4. The van der Waals surface area contributed by atoms with Gasteiger partial charge in [-0.3, -0.25) is 0 Å². The van der Waals surface area contributed by atoms with Crippen molar-refractivity contribution in [2.45, 2.75) is 57.9 Å². The molecule has 0 radical (unpaired) electrons. The van der Waals surface area contributed by atoms with Crippen LogP contribution < -0.4 is 4.90 Å². The fourth-order valence-electron chi connectivity index (χ4n) is 3.77. The quantitative estimate of drug-likeness (QED) is 0.873. The summed E-state index contributed by atoms with van der Waals surface area (Å²) in [6.07, 6.45) is 8.21. The molecule has 0 saturated carbocycles. The van der Waals surface area contributed by atoms with Crippen molar-refractivity contribution in [3.63, 3.8) is 0 Å². The molecule has 0 spiro atoms. The molecule has 6 heteroatoms. The van der Waals surface area contributed by atoms with Crippen LogP contribution in [0.15, 0.2) is 0 Å². The molecule has 22 heavy (non-hydrogen) atoms. The van der Waals surface area contributed by atoms with E-state index in [-0.39, 0.29) is 0 Å². The van der Waals surface area contributed by atoms with Crippen molar-refractivity contribution in [1.82, 2.24) is 18.9 Å². The zero-order valence-electron chi connectivity index (χ0n) is 13.4. The Bertz CT molecular complexity index is 674. The number of rotatable bonds is 3. The number of hydrogen-bond donors (Lipinski definition) is 0. The minimum atomic E-state index is 0.369. The Labute approximate surface area is 135 Å². The molecule has 1 saturated heterocycles. The smallest absolute Gasteiger partial charge is 0.205 e. The maximum absolute atomic E-state index is 5.01. The highest BCUT2D eigenvalue weighted by atomic mass is 32.1. The van der Waals surface area contributed by atoms with Crippen molar-refractivity contribution >= 4 is 16.7 Å². The fraction of sp³-hybridized carbons (Fsp3) is 0.688. The second kappa shape index (κ2) is 5.65. The summed E-state index contributed by atoms with van der Waals surface area (Å²) < 4.78 is 6.82. The Kier molecular flexibility index (Phi) is 3.64. The zero-order valence-corrected chi connectivity index (χ0v) is 14.2. The van der Waals surface area contributed by atoms with Gasteiger partial charge >= 0.3 is 0 Å². The molecule has 5 nitrogen and oxygen atoms in total. The standard InChI is InChI=1S/C16H23N5S/c1-3-14-18-16(22-19-14)21-10-6-9-13(21)15-17-11-7-4-5-8-12(11)20(15)2/h13H,3-10H2,1-2H3/t13-/m1/s1. The van der Waals surface area contributed by atoms with Crippen LogP contribution in [0.1, 0.15) is 61.7 Å². The summed E-state index contributed by atoms with van der Waals surface area (Å²) in [5.74, 6) is 2.20. The molecule has 118 valence electrons. The molecule has 0 amide bonds. The highest BCUT2D eigenvalue weighted by molar-refractivity contribution is 7.09. The first-order valence-corrected chi connectivity index (χ1v) is 9.19. The van der Waals surface area contributed by atoms with Gasteiger partial charge in [0.2, 0.25) is 5.13 Å². The molecule has 0 unspecified atom stereocenters. The summed E-state index contributed by atoms with van der Waals surface area (Å²) in [6.45, 7) is 3.18. The van der Waals surface area contributed by atoms with Crippen molar-refractivity contribution in [2.24, 2.45) is 7.05 Å². The van der Waals surface area contributed by atoms with Gasteiger partial charge in [-0.2, -0.15) is 4.37 Å². The second-order valence-electron chi connectivity index (χ2n) is 6.33. The fourth-order valence-corrected chi connectivity index (χ4v) is 4.60. The van der Waals surface area contributed by atoms with E-state index < -0.39 is 0 Å². The maximum Gasteiger partial charge on any atom is 0.205 e. The molecule has 1 fully saturated rings. The van der Waals surface area contributed by atoms with Crippen LogP contribution in [-0.4, -0.2) is 25.5 Å². The third-order valence-corrected chi connectivity index (χ3v) is 5.77. The van der Waals surface area contributed by atoms with E-state index in [0.29, 0.717) is 6.04 Å². The number of fused-ring (bicyclic) bond motifs is 1. The first-order valence-electron chi connectivity index (χ1n) is 8.41. The minimum absolute atomic E-state index is 0.369. The molecule has 2 aromatic heterocycles. The monoisotopic (exact) mass is 317 g/mol. The number of nitrogens with zero attached hydrogens (tertiary/aromatic N) is 5. The van der Waals surface area contributed by atoms with Gasteiger partial charge in [0.25, 0.3) is 0 Å². The molecule has 0 N–H and O–H groups in total. The van der Waals surface area contributed by atoms with E-state index in [1.165, 1.54) is 60.8 Å². The van der Waals surface area contributed by atoms with Gasteiger partial charge in [0.15, 0.2) is 0 Å². The van der Waals surface area contributed by atoms with Crippen LogP contribution in [0.3, 0.4) is 0 Å². The van der Waals surface area contributed by atoms with Gasteiger partial charge in [0.05, 0.1) is 11.7 Å². The number of imidazole rings is 1. The predicted octanol–water partition coefficient (Wildman–Crippen LogP) is 3.05. The summed E-state index contributed by atoms with van der Waals surface area (Å²) in [5, 5.41) is 1.07. The lowest BCUT2D eigenvalue weighted by Crippen LogP contribution is -2.25. The van der Waals surface area contributed by atoms with E-state index in [2.05, 4.69) is 27.8 Å². The van der Waals surface area contributed by atoms with Crippen LogP contribution in [0.5, 0.6) is 0 Å². The topological polar surface area (TPSA) is 46.8 Å². The van der Waals surface area contributed by atoms with Gasteiger partial charge in [0, 0.05) is 37.2 Å². The van der Waals surface area contributed by atoms with Crippen LogP contribution in [0.4, 0.5) is 5.13 Å². The van der Waals surface area contributed by atoms with Gasteiger partial charge in [-0.25, -0.2) is 9.97 Å². The first-order chi connectivity index (χ1) is 10.8. The molecule has 2 aromatic rings. The number of anilines is 1. The van der Waals surface area contributed by atoms with Gasteiger partial charge in [-0.05, 0) is 38.5 Å². The number of aryl methyl sites for hydroxylation is 2. The van der Waals surface area contributed by atoms with Crippen molar-refractivity contribution in [3.05, 3.63) is 23.0 Å². The molecule has 1 aliphatic carbocycles. The second-order valence-corrected chi connectivity index (χ2v) is 7.06. The zero-order chi connectivity index (χ0) is 15.1. The number of aromatic nitrogens is 4. The van der Waals surface area contributed by atoms with Crippen LogP contribution >= 0.6 is 11.5 Å². The van der Waals surface area contributed by atoms with Gasteiger partial charge in [0.1, 0.15) is 11.6 Å². The van der Waals surface area contributed by atoms with Gasteiger partial charge in [-0.1, -0.05) is 6.92 Å². The van der Waals surface area contributed by atoms with Crippen molar-refractivity contribution < 1.29 is 0 Å². The van der Waals surface area contributed by atoms with Gasteiger partial charge in [-0.15, -0.1) is 0 Å². The van der Waals surface area contributed by atoms with E-state index >= 15 is 0 Å². The summed E-state index contributed by atoms with van der Waals surface area (Å²) in [7, 11) is 2.19. The highest BCUT2D eigenvalue weighted by Gasteiger charge is 2.33. The predicted molar refractivity (Wildman–Crippen MR) is 88.5 cm³/mol. The molecule has 1 atom stereocenters. The number of hydrogen-bond acceptors (Lipinski definition) is 5. The van der Waals surface area contributed by atoms with Crippen molar-refractivity contribution in [1.29, 1.82) is 0 Å². The average Bonchev–Trinajstić information content (AvgIpc) is 3.25. The van der Waals surface area contributed by atoms with Gasteiger partial charge < -0.3 is 9.47 Å². The van der Waals surface area contributed by atoms with Crippen molar-refractivity contribution in [2.75, 3.05) is 11.4 Å². The molecule has 3 heterocycles. The van der Waals surface area contributed by atoms with Crippen LogP contribution in [0.2, 0.25) is 0 Å². The molecule has 0 aromatic carbocycles. The van der Waals surface area contributed by atoms with Crippen LogP contribution in [-0.2, 0) is 26.3 Å². The maximum atomic E-state index is 5.01. The summed E-state index contributed by atoms with van der Waals surface area (Å²) in [4.78, 5) is 12.1. The van der Waals surface area contributed by atoms with Crippen LogP contribution in [0.25, 0.3) is 0 Å². The highest BCUT2D eigenvalue weighted by Crippen LogP contribution is 2.37. The van der Waals surface area contributed by atoms with E-state index in [0.717, 1.165) is 30.3 Å². The van der Waals surface area contributed by atoms with E-state index in [1.54, 1.807) is 0 Å². The summed E-state index contributed by atoms with van der Waals surface area (Å²) in [5.41, 5.74) is 2.79. The minimum Gasteiger partial charge on any atom is -0.337 e. The molecular weight excluding hydrogens is 294 g/mol. The lowest BCUT2D eigenvalue weighted by molar-refractivity contribution is 0.608. The Hall–Kier alpha value is -1.43. The Morgan fingerprint density at radius 1 is 1.18 bits per heavy atom. The van der Waals surface area contributed by atoms with E-state index in [4.69, 9.17) is 9.97 Å². The molecule has 4 rings (SSSR count). The Balaban J connectivity index is 1.67. The van der Waals surface area contributed by atoms with E-state index in [9.17, 15) is 0 Å². The Morgan fingerprint density at radius 3 is 2.82 bits per heavy atom. The SMILES string of the molecule is CCc1nsc(N2CCC[C@@H]2c2nc3c(n2C)CCCC3)n1. The molecular formula is C16H23N5S. The van der Waals surface area contributed by atoms with Crippen molar-refractivity contribution in [3.8, 4) is 0 Å². The molecule has 0 bridgehead atoms. The lowest BCUT2D eigenvalue weighted by atomic mass is 10.0. The lowest BCUT2D eigenvalue weighted by Gasteiger charge is -2.23. The summed E-state index contributed by atoms with van der Waals surface area (Å²) in [6, 6.07) is 0.369. The largest absolute Gasteiger partial charge is 0.337 e. The molecule has 2 aliphatic rings.